The molecule has 0 heterocycles. The van der Waals surface area contributed by atoms with Crippen LogP contribution in [0.5, 0.6) is 0 Å². The molecule has 1 fully saturated rings. The molecule has 2 N–H and O–H groups in total. The van der Waals surface area contributed by atoms with E-state index in [9.17, 15) is 4.79 Å². The molecule has 0 bridgehead atoms. The second-order valence-corrected chi connectivity index (χ2v) is 3.88. The van der Waals surface area contributed by atoms with Crippen molar-refractivity contribution in [3.63, 3.8) is 0 Å². The van der Waals surface area contributed by atoms with Crippen molar-refractivity contribution in [1.29, 1.82) is 0 Å². The monoisotopic (exact) mass is 185 g/mol. The van der Waals surface area contributed by atoms with Gasteiger partial charge in [-0.2, -0.15) is 0 Å². The fraction of sp³-hybridized carbons (Fsp3) is 0.900. The van der Waals surface area contributed by atoms with Crippen LogP contribution in [0.15, 0.2) is 0 Å². The van der Waals surface area contributed by atoms with Gasteiger partial charge in [0.2, 0.25) is 0 Å². The molecule has 0 atom stereocenters. The molecule has 1 saturated carbocycles. The van der Waals surface area contributed by atoms with Crippen molar-refractivity contribution in [2.45, 2.75) is 44.9 Å². The third-order valence-corrected chi connectivity index (χ3v) is 2.79. The lowest BCUT2D eigenvalue weighted by molar-refractivity contribution is 0.193. The van der Waals surface area contributed by atoms with Crippen LogP contribution in [0.2, 0.25) is 0 Å². The van der Waals surface area contributed by atoms with Crippen LogP contribution in [-0.4, -0.2) is 17.7 Å². The van der Waals surface area contributed by atoms with Crippen LogP contribution in [0.25, 0.3) is 0 Å². The van der Waals surface area contributed by atoms with Gasteiger partial charge in [0.1, 0.15) is 0 Å². The molecule has 1 rings (SSSR count). The van der Waals surface area contributed by atoms with Crippen LogP contribution in [0, 0.1) is 5.92 Å². The molecule has 0 aromatic rings. The van der Waals surface area contributed by atoms with Gasteiger partial charge in [0.25, 0.3) is 0 Å². The average molecular weight is 185 g/mol. The summed E-state index contributed by atoms with van der Waals surface area (Å²) in [5, 5.41) is 10.7. The van der Waals surface area contributed by atoms with E-state index >= 15 is 0 Å². The predicted octanol–water partition coefficient (Wildman–Crippen LogP) is 2.61. The Labute approximate surface area is 79.5 Å². The van der Waals surface area contributed by atoms with Gasteiger partial charge in [-0.3, -0.25) is 0 Å². The van der Waals surface area contributed by atoms with Crippen LogP contribution in [0.1, 0.15) is 44.9 Å². The van der Waals surface area contributed by atoms with Gasteiger partial charge in [-0.05, 0) is 18.8 Å². The molecule has 3 heteroatoms. The quantitative estimate of drug-likeness (QED) is 0.661. The van der Waals surface area contributed by atoms with Crippen molar-refractivity contribution in [2.24, 2.45) is 5.92 Å². The lowest BCUT2D eigenvalue weighted by Crippen LogP contribution is -2.22. The summed E-state index contributed by atoms with van der Waals surface area (Å²) in [5.74, 6) is 0.865. The van der Waals surface area contributed by atoms with Crippen LogP contribution in [0.3, 0.4) is 0 Å². The van der Waals surface area contributed by atoms with Crippen molar-refractivity contribution in [3.8, 4) is 0 Å². The van der Waals surface area contributed by atoms with Crippen molar-refractivity contribution < 1.29 is 9.90 Å². The standard InChI is InChI=1S/C10H19NO2/c12-10(13)11-8-4-7-9-5-2-1-3-6-9/h9,11H,1-8H2,(H,12,13). The van der Waals surface area contributed by atoms with E-state index in [0.717, 1.165) is 12.3 Å². The van der Waals surface area contributed by atoms with Crippen molar-refractivity contribution in [3.05, 3.63) is 0 Å². The summed E-state index contributed by atoms with van der Waals surface area (Å²) in [6, 6.07) is 0. The van der Waals surface area contributed by atoms with Gasteiger partial charge in [0.05, 0.1) is 0 Å². The first-order valence-corrected chi connectivity index (χ1v) is 5.26. The van der Waals surface area contributed by atoms with Crippen LogP contribution < -0.4 is 5.32 Å². The molecule has 76 valence electrons. The Balaban J connectivity index is 1.95. The molecule has 0 unspecified atom stereocenters. The molecule has 1 amide bonds. The van der Waals surface area contributed by atoms with Crippen LogP contribution in [0.4, 0.5) is 4.79 Å². The zero-order valence-electron chi connectivity index (χ0n) is 8.09. The fourth-order valence-electron chi connectivity index (χ4n) is 2.06. The number of rotatable bonds is 4. The van der Waals surface area contributed by atoms with E-state index in [1.54, 1.807) is 0 Å². The maximum Gasteiger partial charge on any atom is 0.404 e. The third kappa shape index (κ3) is 4.76. The highest BCUT2D eigenvalue weighted by Gasteiger charge is 2.12. The molecule has 0 aromatic carbocycles. The lowest BCUT2D eigenvalue weighted by Gasteiger charge is -2.21. The summed E-state index contributed by atoms with van der Waals surface area (Å²) in [6.45, 7) is 0.617. The van der Waals surface area contributed by atoms with Crippen LogP contribution >= 0.6 is 0 Å². The topological polar surface area (TPSA) is 49.3 Å². The van der Waals surface area contributed by atoms with Gasteiger partial charge in [0.15, 0.2) is 0 Å². The minimum atomic E-state index is -0.899. The van der Waals surface area contributed by atoms with Gasteiger partial charge in [0, 0.05) is 6.54 Å². The lowest BCUT2D eigenvalue weighted by atomic mass is 9.86. The second kappa shape index (κ2) is 5.84. The Morgan fingerprint density at radius 2 is 2.00 bits per heavy atom. The molecule has 0 aliphatic heterocycles. The maximum atomic E-state index is 10.1. The number of amides is 1. The van der Waals surface area contributed by atoms with E-state index in [-0.39, 0.29) is 0 Å². The summed E-state index contributed by atoms with van der Waals surface area (Å²) in [4.78, 5) is 10.1. The van der Waals surface area contributed by atoms with Gasteiger partial charge in [-0.25, -0.2) is 4.79 Å². The van der Waals surface area contributed by atoms with Crippen molar-refractivity contribution >= 4 is 6.09 Å². The van der Waals surface area contributed by atoms with E-state index in [2.05, 4.69) is 5.32 Å². The number of carbonyl (C=O) groups is 1. The molecule has 3 nitrogen and oxygen atoms in total. The number of hydrogen-bond donors (Lipinski definition) is 2. The smallest absolute Gasteiger partial charge is 0.404 e. The zero-order chi connectivity index (χ0) is 9.52. The molecule has 0 aromatic heterocycles. The molecule has 1 aliphatic rings. The highest BCUT2D eigenvalue weighted by molar-refractivity contribution is 5.64. The Morgan fingerprint density at radius 3 is 2.62 bits per heavy atom. The van der Waals surface area contributed by atoms with E-state index in [0.29, 0.717) is 6.54 Å². The molecular formula is C10H19NO2. The molecular weight excluding hydrogens is 166 g/mol. The Hall–Kier alpha value is -0.730. The number of nitrogens with one attached hydrogen (secondary N) is 1. The largest absolute Gasteiger partial charge is 0.465 e. The summed E-state index contributed by atoms with van der Waals surface area (Å²) in [6.07, 6.45) is 8.14. The SMILES string of the molecule is O=C(O)NCCCC1CCCCC1. The highest BCUT2D eigenvalue weighted by Crippen LogP contribution is 2.26. The first kappa shape index (κ1) is 10.4. The van der Waals surface area contributed by atoms with E-state index in [1.165, 1.54) is 38.5 Å². The molecule has 0 spiro atoms. The highest BCUT2D eigenvalue weighted by atomic mass is 16.4. The summed E-state index contributed by atoms with van der Waals surface area (Å²) in [5.41, 5.74) is 0. The second-order valence-electron chi connectivity index (χ2n) is 3.88. The van der Waals surface area contributed by atoms with E-state index < -0.39 is 6.09 Å². The Kier molecular flexibility index (Phi) is 4.65. The minimum Gasteiger partial charge on any atom is -0.465 e. The zero-order valence-corrected chi connectivity index (χ0v) is 8.09. The summed E-state index contributed by atoms with van der Waals surface area (Å²) >= 11 is 0. The summed E-state index contributed by atoms with van der Waals surface area (Å²) in [7, 11) is 0. The van der Waals surface area contributed by atoms with Gasteiger partial charge in [-0.1, -0.05) is 32.1 Å². The summed E-state index contributed by atoms with van der Waals surface area (Å²) < 4.78 is 0. The van der Waals surface area contributed by atoms with Gasteiger partial charge < -0.3 is 10.4 Å². The Bertz CT molecular complexity index is 153. The van der Waals surface area contributed by atoms with Gasteiger partial charge in [-0.15, -0.1) is 0 Å². The van der Waals surface area contributed by atoms with E-state index in [1.807, 2.05) is 0 Å². The molecule has 13 heavy (non-hydrogen) atoms. The Morgan fingerprint density at radius 1 is 1.31 bits per heavy atom. The maximum absolute atomic E-state index is 10.1. The number of hydrogen-bond acceptors (Lipinski definition) is 1. The molecule has 0 radical (unpaired) electrons. The van der Waals surface area contributed by atoms with Crippen molar-refractivity contribution in [1.82, 2.24) is 5.32 Å². The number of carboxylic acid groups (broad SMARTS) is 1. The normalized spacial score (nSPS) is 18.5. The van der Waals surface area contributed by atoms with E-state index in [4.69, 9.17) is 5.11 Å². The van der Waals surface area contributed by atoms with Crippen molar-refractivity contribution in [2.75, 3.05) is 6.54 Å². The average Bonchev–Trinajstić information content (AvgIpc) is 2.14. The predicted molar refractivity (Wildman–Crippen MR) is 51.8 cm³/mol. The van der Waals surface area contributed by atoms with Gasteiger partial charge >= 0.3 is 6.09 Å². The first-order chi connectivity index (χ1) is 6.29. The first-order valence-electron chi connectivity index (χ1n) is 5.26. The third-order valence-electron chi connectivity index (χ3n) is 2.79. The minimum absolute atomic E-state index is 0.617. The molecule has 0 saturated heterocycles. The molecule has 1 aliphatic carbocycles. The van der Waals surface area contributed by atoms with Crippen LogP contribution in [-0.2, 0) is 0 Å². The fourth-order valence-corrected chi connectivity index (χ4v) is 2.06.